The summed E-state index contributed by atoms with van der Waals surface area (Å²) in [5, 5.41) is 0. The SMILES string of the molecule is COc1cc(F)c(C(Br)C2C3CCCC32)c(F)c1. The summed E-state index contributed by atoms with van der Waals surface area (Å²) in [6.07, 6.45) is 3.67. The largest absolute Gasteiger partial charge is 0.497 e. The Morgan fingerprint density at radius 1 is 1.22 bits per heavy atom. The Bertz CT molecular complexity index is 444. The van der Waals surface area contributed by atoms with Gasteiger partial charge in [0.25, 0.3) is 0 Å². The van der Waals surface area contributed by atoms with E-state index < -0.39 is 11.6 Å². The van der Waals surface area contributed by atoms with Crippen LogP contribution in [0.2, 0.25) is 0 Å². The van der Waals surface area contributed by atoms with E-state index in [1.807, 2.05) is 0 Å². The van der Waals surface area contributed by atoms with Crippen LogP contribution in [-0.4, -0.2) is 7.11 Å². The van der Waals surface area contributed by atoms with E-state index in [4.69, 9.17) is 4.74 Å². The number of alkyl halides is 1. The van der Waals surface area contributed by atoms with Crippen molar-refractivity contribution in [2.75, 3.05) is 7.11 Å². The van der Waals surface area contributed by atoms with Gasteiger partial charge in [0.15, 0.2) is 0 Å². The van der Waals surface area contributed by atoms with Crippen molar-refractivity contribution in [3.05, 3.63) is 29.3 Å². The predicted octanol–water partition coefficient (Wildman–Crippen LogP) is 4.46. The van der Waals surface area contributed by atoms with Gasteiger partial charge in [0.2, 0.25) is 0 Å². The first kappa shape index (κ1) is 12.4. The molecule has 0 spiro atoms. The molecule has 3 unspecified atom stereocenters. The number of halogens is 3. The van der Waals surface area contributed by atoms with Crippen LogP contribution in [0.15, 0.2) is 12.1 Å². The Kier molecular flexibility index (Phi) is 3.08. The highest BCUT2D eigenvalue weighted by Gasteiger charge is 2.56. The van der Waals surface area contributed by atoms with Crippen LogP contribution in [0.3, 0.4) is 0 Å². The molecule has 2 aliphatic rings. The maximum Gasteiger partial charge on any atom is 0.134 e. The van der Waals surface area contributed by atoms with Gasteiger partial charge in [-0.15, -0.1) is 0 Å². The van der Waals surface area contributed by atoms with Gasteiger partial charge in [0.05, 0.1) is 7.11 Å². The lowest BCUT2D eigenvalue weighted by Crippen LogP contribution is -2.05. The molecular weight excluding hydrogens is 302 g/mol. The fourth-order valence-electron chi connectivity index (χ4n) is 3.45. The van der Waals surface area contributed by atoms with Gasteiger partial charge in [0.1, 0.15) is 17.4 Å². The van der Waals surface area contributed by atoms with Crippen LogP contribution in [-0.2, 0) is 0 Å². The summed E-state index contributed by atoms with van der Waals surface area (Å²) >= 11 is 3.50. The Morgan fingerprint density at radius 3 is 2.28 bits per heavy atom. The molecule has 2 saturated carbocycles. The van der Waals surface area contributed by atoms with Crippen LogP contribution >= 0.6 is 15.9 Å². The van der Waals surface area contributed by atoms with Crippen molar-refractivity contribution in [3.63, 3.8) is 0 Å². The minimum atomic E-state index is -0.515. The van der Waals surface area contributed by atoms with Gasteiger partial charge in [-0.1, -0.05) is 22.4 Å². The summed E-state index contributed by atoms with van der Waals surface area (Å²) in [5.41, 5.74) is 0.162. The van der Waals surface area contributed by atoms with E-state index in [1.165, 1.54) is 38.5 Å². The highest BCUT2D eigenvalue weighted by atomic mass is 79.9. The van der Waals surface area contributed by atoms with Gasteiger partial charge in [0, 0.05) is 22.5 Å². The molecule has 3 rings (SSSR count). The molecule has 2 aliphatic carbocycles. The molecule has 0 saturated heterocycles. The molecule has 0 radical (unpaired) electrons. The van der Waals surface area contributed by atoms with Crippen molar-refractivity contribution >= 4 is 15.9 Å². The summed E-state index contributed by atoms with van der Waals surface area (Å²) in [7, 11) is 1.41. The molecule has 0 bridgehead atoms. The molecule has 1 aromatic carbocycles. The smallest absolute Gasteiger partial charge is 0.134 e. The molecule has 1 aromatic rings. The van der Waals surface area contributed by atoms with Crippen LogP contribution in [0.1, 0.15) is 29.7 Å². The highest BCUT2D eigenvalue weighted by molar-refractivity contribution is 9.09. The number of rotatable bonds is 3. The Labute approximate surface area is 114 Å². The van der Waals surface area contributed by atoms with E-state index in [0.717, 1.165) is 0 Å². The van der Waals surface area contributed by atoms with E-state index >= 15 is 0 Å². The topological polar surface area (TPSA) is 9.23 Å². The third kappa shape index (κ3) is 1.85. The second kappa shape index (κ2) is 4.48. The van der Waals surface area contributed by atoms with Gasteiger partial charge < -0.3 is 4.74 Å². The molecular formula is C14H15BrF2O. The number of ether oxygens (including phenoxy) is 1. The second-order valence-electron chi connectivity index (χ2n) is 5.24. The minimum Gasteiger partial charge on any atom is -0.497 e. The standard InChI is InChI=1S/C14H15BrF2O/c1-18-7-5-10(16)13(11(17)6-7)14(15)12-8-3-2-4-9(8)12/h5-6,8-9,12,14H,2-4H2,1H3. The zero-order valence-corrected chi connectivity index (χ0v) is 11.7. The number of hydrogen-bond acceptors (Lipinski definition) is 1. The van der Waals surface area contributed by atoms with Crippen LogP contribution < -0.4 is 4.74 Å². The second-order valence-corrected chi connectivity index (χ2v) is 6.23. The number of fused-ring (bicyclic) bond motifs is 1. The Morgan fingerprint density at radius 2 is 1.78 bits per heavy atom. The third-order valence-electron chi connectivity index (χ3n) is 4.37. The van der Waals surface area contributed by atoms with Crippen molar-refractivity contribution in [3.8, 4) is 5.75 Å². The maximum absolute atomic E-state index is 14.0. The molecule has 3 atom stereocenters. The summed E-state index contributed by atoms with van der Waals surface area (Å²) in [5.74, 6) is 0.920. The predicted molar refractivity (Wildman–Crippen MR) is 68.9 cm³/mol. The van der Waals surface area contributed by atoms with E-state index in [1.54, 1.807) is 0 Å². The first-order valence-corrected chi connectivity index (χ1v) is 7.22. The molecule has 0 heterocycles. The van der Waals surface area contributed by atoms with E-state index in [0.29, 0.717) is 17.8 Å². The van der Waals surface area contributed by atoms with Gasteiger partial charge in [-0.25, -0.2) is 8.78 Å². The molecule has 0 aromatic heterocycles. The summed E-state index contributed by atoms with van der Waals surface area (Å²) < 4.78 is 32.8. The zero-order chi connectivity index (χ0) is 12.9. The number of methoxy groups -OCH3 is 1. The summed E-state index contributed by atoms with van der Waals surface area (Å²) in [4.78, 5) is -0.210. The van der Waals surface area contributed by atoms with E-state index in [-0.39, 0.29) is 16.1 Å². The lowest BCUT2D eigenvalue weighted by Gasteiger charge is -2.15. The minimum absolute atomic E-state index is 0.162. The normalized spacial score (nSPS) is 31.0. The monoisotopic (exact) mass is 316 g/mol. The molecule has 98 valence electrons. The Balaban J connectivity index is 1.88. The van der Waals surface area contributed by atoms with Gasteiger partial charge in [-0.3, -0.25) is 0 Å². The molecule has 0 N–H and O–H groups in total. The lowest BCUT2D eigenvalue weighted by molar-refractivity contribution is 0.404. The first-order valence-electron chi connectivity index (χ1n) is 6.30. The molecule has 4 heteroatoms. The summed E-state index contributed by atoms with van der Waals surface area (Å²) in [6, 6.07) is 2.51. The fourth-order valence-corrected chi connectivity index (χ4v) is 4.67. The highest BCUT2D eigenvalue weighted by Crippen LogP contribution is 2.64. The molecule has 1 nitrogen and oxygen atoms in total. The lowest BCUT2D eigenvalue weighted by atomic mass is 10.0. The van der Waals surface area contributed by atoms with Crippen molar-refractivity contribution in [1.82, 2.24) is 0 Å². The average molecular weight is 317 g/mol. The average Bonchev–Trinajstić information content (AvgIpc) is 2.81. The number of hydrogen-bond donors (Lipinski definition) is 0. The van der Waals surface area contributed by atoms with Crippen molar-refractivity contribution in [2.45, 2.75) is 24.1 Å². The Hall–Kier alpha value is -0.640. The fraction of sp³-hybridized carbons (Fsp3) is 0.571. The van der Waals surface area contributed by atoms with Crippen LogP contribution in [0, 0.1) is 29.4 Å². The van der Waals surface area contributed by atoms with Crippen LogP contribution in [0.4, 0.5) is 8.78 Å². The van der Waals surface area contributed by atoms with Crippen LogP contribution in [0.25, 0.3) is 0 Å². The van der Waals surface area contributed by atoms with Crippen molar-refractivity contribution in [2.24, 2.45) is 17.8 Å². The quantitative estimate of drug-likeness (QED) is 0.748. The van der Waals surface area contributed by atoms with Crippen molar-refractivity contribution < 1.29 is 13.5 Å². The maximum atomic E-state index is 14.0. The molecule has 18 heavy (non-hydrogen) atoms. The molecule has 0 amide bonds. The molecule has 2 fully saturated rings. The summed E-state index contributed by atoms with van der Waals surface area (Å²) in [6.45, 7) is 0. The zero-order valence-electron chi connectivity index (χ0n) is 10.1. The molecule has 0 aliphatic heterocycles. The van der Waals surface area contributed by atoms with Crippen LogP contribution in [0.5, 0.6) is 5.75 Å². The van der Waals surface area contributed by atoms with Crippen molar-refractivity contribution in [1.29, 1.82) is 0 Å². The number of benzene rings is 1. The van der Waals surface area contributed by atoms with Gasteiger partial charge >= 0.3 is 0 Å². The van der Waals surface area contributed by atoms with Gasteiger partial charge in [-0.2, -0.15) is 0 Å². The first-order chi connectivity index (χ1) is 8.63. The third-order valence-corrected chi connectivity index (χ3v) is 5.44. The van der Waals surface area contributed by atoms with Gasteiger partial charge in [-0.05, 0) is 30.6 Å². The van der Waals surface area contributed by atoms with E-state index in [2.05, 4.69) is 15.9 Å². The van der Waals surface area contributed by atoms with E-state index in [9.17, 15) is 8.78 Å².